The molecule has 0 unspecified atom stereocenters. The Hall–Kier alpha value is -1.91. The zero-order chi connectivity index (χ0) is 19.1. The minimum Gasteiger partial charge on any atom is -0.507 e. The summed E-state index contributed by atoms with van der Waals surface area (Å²) in [6, 6.07) is 11.1. The number of rotatable bonds is 5. The number of phenols is 1. The SMILES string of the molecule is CC(C)(C)[Si](C)(C)OCCCc1ccc2c(c1)C(=O)c1cccc(O)c1-2. The second-order valence-corrected chi connectivity index (χ2v) is 13.4. The number of ketones is 1. The Balaban J connectivity index is 1.68. The van der Waals surface area contributed by atoms with E-state index in [2.05, 4.69) is 39.9 Å². The van der Waals surface area contributed by atoms with Crippen molar-refractivity contribution in [3.8, 4) is 16.9 Å². The number of hydrogen-bond acceptors (Lipinski definition) is 3. The van der Waals surface area contributed by atoms with Gasteiger partial charge in [0.05, 0.1) is 0 Å². The van der Waals surface area contributed by atoms with E-state index in [0.29, 0.717) is 16.7 Å². The van der Waals surface area contributed by atoms with Gasteiger partial charge in [0.2, 0.25) is 0 Å². The Morgan fingerprint density at radius 1 is 1.04 bits per heavy atom. The monoisotopic (exact) mass is 368 g/mol. The molecule has 0 amide bonds. The topological polar surface area (TPSA) is 46.5 Å². The molecule has 0 fully saturated rings. The number of carbonyl (C=O) groups is 1. The van der Waals surface area contributed by atoms with Crippen LogP contribution in [0.1, 0.15) is 48.7 Å². The fourth-order valence-corrected chi connectivity index (χ4v) is 4.22. The maximum Gasteiger partial charge on any atom is 0.194 e. The first-order valence-corrected chi connectivity index (χ1v) is 12.2. The molecule has 26 heavy (non-hydrogen) atoms. The van der Waals surface area contributed by atoms with Crippen molar-refractivity contribution in [2.24, 2.45) is 0 Å². The zero-order valence-corrected chi connectivity index (χ0v) is 17.3. The van der Waals surface area contributed by atoms with E-state index in [4.69, 9.17) is 4.43 Å². The summed E-state index contributed by atoms with van der Waals surface area (Å²) in [6.45, 7) is 12.0. The Kier molecular flexibility index (Phi) is 4.84. The van der Waals surface area contributed by atoms with Gasteiger partial charge in [-0.3, -0.25) is 4.79 Å². The first kappa shape index (κ1) is 18.9. The predicted octanol–water partition coefficient (Wildman–Crippen LogP) is 5.56. The molecule has 2 aromatic carbocycles. The summed E-state index contributed by atoms with van der Waals surface area (Å²) in [5.74, 6) is 0.176. The van der Waals surface area contributed by atoms with Crippen molar-refractivity contribution in [2.75, 3.05) is 6.61 Å². The van der Waals surface area contributed by atoms with E-state index in [0.717, 1.165) is 30.6 Å². The molecular weight excluding hydrogens is 340 g/mol. The van der Waals surface area contributed by atoms with Gasteiger partial charge in [-0.15, -0.1) is 0 Å². The van der Waals surface area contributed by atoms with Crippen molar-refractivity contribution in [1.29, 1.82) is 0 Å². The highest BCUT2D eigenvalue weighted by atomic mass is 28.4. The molecular formula is C22H28O3Si. The molecule has 0 heterocycles. The number of aryl methyl sites for hydroxylation is 1. The van der Waals surface area contributed by atoms with Crippen LogP contribution in [0.15, 0.2) is 36.4 Å². The van der Waals surface area contributed by atoms with Crippen LogP contribution < -0.4 is 0 Å². The molecule has 0 atom stereocenters. The minimum atomic E-state index is -1.70. The van der Waals surface area contributed by atoms with Crippen LogP contribution >= 0.6 is 0 Å². The lowest BCUT2D eigenvalue weighted by atomic mass is 10.0. The molecule has 0 spiro atoms. The fraction of sp³-hybridized carbons (Fsp3) is 0.409. The lowest BCUT2D eigenvalue weighted by Crippen LogP contribution is -2.41. The molecule has 1 aliphatic rings. The maximum absolute atomic E-state index is 12.6. The average molecular weight is 369 g/mol. The van der Waals surface area contributed by atoms with Crippen LogP contribution in [0.25, 0.3) is 11.1 Å². The van der Waals surface area contributed by atoms with Gasteiger partial charge in [-0.2, -0.15) is 0 Å². The van der Waals surface area contributed by atoms with Crippen molar-refractivity contribution < 1.29 is 14.3 Å². The van der Waals surface area contributed by atoms with Gasteiger partial charge < -0.3 is 9.53 Å². The number of aromatic hydroxyl groups is 1. The summed E-state index contributed by atoms with van der Waals surface area (Å²) in [5.41, 5.74) is 3.94. The molecule has 1 N–H and O–H groups in total. The van der Waals surface area contributed by atoms with Crippen LogP contribution in [-0.2, 0) is 10.8 Å². The number of fused-ring (bicyclic) bond motifs is 3. The molecule has 3 rings (SSSR count). The van der Waals surface area contributed by atoms with Gasteiger partial charge in [0.15, 0.2) is 14.1 Å². The van der Waals surface area contributed by atoms with E-state index in [9.17, 15) is 9.90 Å². The molecule has 0 saturated heterocycles. The van der Waals surface area contributed by atoms with Crippen LogP contribution in [0, 0.1) is 0 Å². The predicted molar refractivity (Wildman–Crippen MR) is 108 cm³/mol. The number of hydrogen-bond donors (Lipinski definition) is 1. The van der Waals surface area contributed by atoms with Gasteiger partial charge >= 0.3 is 0 Å². The van der Waals surface area contributed by atoms with Crippen molar-refractivity contribution >= 4 is 14.1 Å². The third kappa shape index (κ3) is 3.36. The zero-order valence-electron chi connectivity index (χ0n) is 16.3. The van der Waals surface area contributed by atoms with Gasteiger partial charge in [0.1, 0.15) is 5.75 Å². The number of benzene rings is 2. The normalized spacial score (nSPS) is 13.7. The third-order valence-corrected chi connectivity index (χ3v) is 10.3. The van der Waals surface area contributed by atoms with E-state index in [-0.39, 0.29) is 16.6 Å². The third-order valence-electron chi connectivity index (χ3n) is 5.76. The Morgan fingerprint density at radius 3 is 2.46 bits per heavy atom. The molecule has 2 aromatic rings. The standard InChI is InChI=1S/C22H28O3Si/c1-22(2,3)26(4,5)25-13-7-8-15-11-12-16-18(14-15)21(24)17-9-6-10-19(23)20(16)17/h6,9-12,14,23H,7-8,13H2,1-5H3. The van der Waals surface area contributed by atoms with E-state index < -0.39 is 8.32 Å². The molecule has 138 valence electrons. The van der Waals surface area contributed by atoms with Crippen molar-refractivity contribution in [3.05, 3.63) is 53.1 Å². The highest BCUT2D eigenvalue weighted by molar-refractivity contribution is 6.74. The largest absolute Gasteiger partial charge is 0.507 e. The summed E-state index contributed by atoms with van der Waals surface area (Å²) in [6.07, 6.45) is 1.83. The van der Waals surface area contributed by atoms with Crippen LogP contribution in [0.4, 0.5) is 0 Å². The van der Waals surface area contributed by atoms with E-state index in [1.165, 1.54) is 0 Å². The van der Waals surface area contributed by atoms with Gasteiger partial charge in [-0.05, 0) is 54.2 Å². The molecule has 0 aliphatic heterocycles. The van der Waals surface area contributed by atoms with E-state index in [1.54, 1.807) is 18.2 Å². The summed E-state index contributed by atoms with van der Waals surface area (Å²) >= 11 is 0. The Morgan fingerprint density at radius 2 is 1.77 bits per heavy atom. The molecule has 4 heteroatoms. The highest BCUT2D eigenvalue weighted by Gasteiger charge is 2.36. The minimum absolute atomic E-state index is 0.00488. The first-order chi connectivity index (χ1) is 12.1. The van der Waals surface area contributed by atoms with Crippen LogP contribution in [0.3, 0.4) is 0 Å². The van der Waals surface area contributed by atoms with Crippen LogP contribution in [0.2, 0.25) is 18.1 Å². The van der Waals surface area contributed by atoms with E-state index in [1.807, 2.05) is 12.1 Å². The molecule has 0 saturated carbocycles. The molecule has 0 radical (unpaired) electrons. The second kappa shape index (κ2) is 6.67. The Labute approximate surface area is 157 Å². The van der Waals surface area contributed by atoms with Crippen molar-refractivity contribution in [2.45, 2.75) is 51.7 Å². The van der Waals surface area contributed by atoms with Crippen LogP contribution in [0.5, 0.6) is 5.75 Å². The van der Waals surface area contributed by atoms with Crippen molar-refractivity contribution in [1.82, 2.24) is 0 Å². The van der Waals surface area contributed by atoms with E-state index >= 15 is 0 Å². The second-order valence-electron chi connectivity index (χ2n) is 8.62. The summed E-state index contributed by atoms with van der Waals surface area (Å²) in [4.78, 5) is 12.6. The van der Waals surface area contributed by atoms with Crippen molar-refractivity contribution in [3.63, 3.8) is 0 Å². The summed E-state index contributed by atoms with van der Waals surface area (Å²) in [7, 11) is -1.70. The highest BCUT2D eigenvalue weighted by Crippen LogP contribution is 2.42. The lowest BCUT2D eigenvalue weighted by Gasteiger charge is -2.36. The van der Waals surface area contributed by atoms with Crippen LogP contribution in [-0.4, -0.2) is 25.8 Å². The molecule has 0 aromatic heterocycles. The van der Waals surface area contributed by atoms with Gasteiger partial charge in [0, 0.05) is 23.3 Å². The maximum atomic E-state index is 12.6. The summed E-state index contributed by atoms with van der Waals surface area (Å²) in [5, 5.41) is 10.3. The average Bonchev–Trinajstić information content (AvgIpc) is 2.85. The summed E-state index contributed by atoms with van der Waals surface area (Å²) < 4.78 is 6.23. The van der Waals surface area contributed by atoms with Gasteiger partial charge in [-0.1, -0.05) is 45.0 Å². The van der Waals surface area contributed by atoms with Gasteiger partial charge in [0.25, 0.3) is 0 Å². The first-order valence-electron chi connectivity index (χ1n) is 9.26. The lowest BCUT2D eigenvalue weighted by molar-refractivity contribution is 0.104. The Bertz CT molecular complexity index is 847. The fourth-order valence-electron chi connectivity index (χ4n) is 3.13. The molecule has 0 bridgehead atoms. The number of phenolic OH excluding ortho intramolecular Hbond substituents is 1. The smallest absolute Gasteiger partial charge is 0.194 e. The van der Waals surface area contributed by atoms with Gasteiger partial charge in [-0.25, -0.2) is 0 Å². The molecule has 1 aliphatic carbocycles. The number of carbonyl (C=O) groups excluding carboxylic acids is 1. The quantitative estimate of drug-likeness (QED) is 0.474. The molecule has 3 nitrogen and oxygen atoms in total.